The van der Waals surface area contributed by atoms with Crippen LogP contribution in [0.25, 0.3) is 0 Å². The molecule has 1 saturated heterocycles. The fourth-order valence-electron chi connectivity index (χ4n) is 4.56. The van der Waals surface area contributed by atoms with Gasteiger partial charge >= 0.3 is 0 Å². The average molecular weight is 380 g/mol. The number of anilines is 1. The molecule has 0 radical (unpaired) electrons. The molecular weight excluding hydrogens is 350 g/mol. The number of fused-ring (bicyclic) bond motifs is 1. The monoisotopic (exact) mass is 379 g/mol. The number of rotatable bonds is 5. The smallest absolute Gasteiger partial charge is 0.271 e. The first-order valence-electron chi connectivity index (χ1n) is 10.5. The van der Waals surface area contributed by atoms with Gasteiger partial charge < -0.3 is 14.8 Å². The van der Waals surface area contributed by atoms with Gasteiger partial charge in [-0.25, -0.2) is 0 Å². The summed E-state index contributed by atoms with van der Waals surface area (Å²) in [6, 6.07) is 10.0. The number of aromatic nitrogens is 1. The minimum Gasteiger partial charge on any atom is -0.357 e. The molecule has 148 valence electrons. The summed E-state index contributed by atoms with van der Waals surface area (Å²) in [5, 5.41) is 0. The van der Waals surface area contributed by atoms with Crippen LogP contribution in [-0.2, 0) is 17.6 Å². The van der Waals surface area contributed by atoms with E-state index in [1.165, 1.54) is 24.0 Å². The highest BCUT2D eigenvalue weighted by molar-refractivity contribution is 6.01. The van der Waals surface area contributed by atoms with Gasteiger partial charge in [-0.3, -0.25) is 9.59 Å². The number of benzene rings is 1. The zero-order valence-corrected chi connectivity index (χ0v) is 16.6. The maximum Gasteiger partial charge on any atom is 0.271 e. The van der Waals surface area contributed by atoms with Crippen molar-refractivity contribution in [2.45, 2.75) is 57.9 Å². The van der Waals surface area contributed by atoms with Crippen molar-refractivity contribution in [1.82, 2.24) is 9.88 Å². The zero-order chi connectivity index (χ0) is 19.5. The lowest BCUT2D eigenvalue weighted by Crippen LogP contribution is -2.58. The zero-order valence-electron chi connectivity index (χ0n) is 16.6. The number of nitrogens with zero attached hydrogens (tertiary/aromatic N) is 2. The number of unbranched alkanes of at least 4 members (excludes halogenated alkanes) is 1. The molecule has 0 bridgehead atoms. The molecule has 1 aromatic heterocycles. The highest BCUT2D eigenvalue weighted by Gasteiger charge is 2.37. The Balaban J connectivity index is 1.62. The van der Waals surface area contributed by atoms with Crippen LogP contribution in [0.15, 0.2) is 36.5 Å². The minimum atomic E-state index is -0.0748. The number of carbonyl (C=O) groups excluding carboxylic acids is 2. The van der Waals surface area contributed by atoms with Crippen molar-refractivity contribution in [2.75, 3.05) is 18.0 Å². The van der Waals surface area contributed by atoms with Gasteiger partial charge in [0.1, 0.15) is 12.2 Å². The number of aromatic amines is 1. The van der Waals surface area contributed by atoms with Gasteiger partial charge in [0.25, 0.3) is 5.91 Å². The van der Waals surface area contributed by atoms with Crippen LogP contribution < -0.4 is 4.90 Å². The van der Waals surface area contributed by atoms with E-state index in [1.807, 2.05) is 11.0 Å². The lowest BCUT2D eigenvalue weighted by atomic mass is 9.89. The quantitative estimate of drug-likeness (QED) is 0.855. The van der Waals surface area contributed by atoms with E-state index in [0.717, 1.165) is 37.8 Å². The maximum atomic E-state index is 13.1. The summed E-state index contributed by atoms with van der Waals surface area (Å²) in [4.78, 5) is 32.8. The standard InChI is InChI=1S/C23H29N3O2/c1-2-3-10-18-15-26(21-13-6-9-17-8-4-5-11-19(17)21)22(27)16-25(18)23(28)20-12-7-14-24-20/h6-7,9,12-14,18,24H,2-5,8,10-11,15-16H2,1H3/t18-/m1/s1. The van der Waals surface area contributed by atoms with E-state index in [0.29, 0.717) is 12.2 Å². The first-order valence-corrected chi connectivity index (χ1v) is 10.5. The molecule has 0 saturated carbocycles. The number of piperazine rings is 1. The molecular formula is C23H29N3O2. The van der Waals surface area contributed by atoms with Crippen molar-refractivity contribution >= 4 is 17.5 Å². The van der Waals surface area contributed by atoms with Crippen LogP contribution >= 0.6 is 0 Å². The Morgan fingerprint density at radius 2 is 2.04 bits per heavy atom. The fraction of sp³-hybridized carbons (Fsp3) is 0.478. The van der Waals surface area contributed by atoms with Crippen LogP contribution in [0.4, 0.5) is 5.69 Å². The second kappa shape index (κ2) is 8.21. The Hall–Kier alpha value is -2.56. The van der Waals surface area contributed by atoms with Crippen molar-refractivity contribution in [3.63, 3.8) is 0 Å². The third-order valence-corrected chi connectivity index (χ3v) is 6.08. The Kier molecular flexibility index (Phi) is 5.51. The molecule has 28 heavy (non-hydrogen) atoms. The molecule has 1 fully saturated rings. The fourth-order valence-corrected chi connectivity index (χ4v) is 4.56. The van der Waals surface area contributed by atoms with Crippen LogP contribution in [0.3, 0.4) is 0 Å². The second-order valence-electron chi connectivity index (χ2n) is 7.94. The van der Waals surface area contributed by atoms with Crippen LogP contribution in [0, 0.1) is 0 Å². The third kappa shape index (κ3) is 3.58. The van der Waals surface area contributed by atoms with Gasteiger partial charge in [-0.05, 0) is 61.4 Å². The lowest BCUT2D eigenvalue weighted by molar-refractivity contribution is -0.121. The molecule has 1 aromatic carbocycles. The number of carbonyl (C=O) groups is 2. The predicted octanol–water partition coefficient (Wildman–Crippen LogP) is 3.94. The summed E-state index contributed by atoms with van der Waals surface area (Å²) in [6.07, 6.45) is 9.35. The third-order valence-electron chi connectivity index (χ3n) is 6.08. The normalized spacial score (nSPS) is 19.6. The van der Waals surface area contributed by atoms with Gasteiger partial charge in [0, 0.05) is 18.4 Å². The van der Waals surface area contributed by atoms with Gasteiger partial charge in [-0.1, -0.05) is 31.9 Å². The molecule has 2 amide bonds. The summed E-state index contributed by atoms with van der Waals surface area (Å²) in [5.41, 5.74) is 4.34. The summed E-state index contributed by atoms with van der Waals surface area (Å²) in [7, 11) is 0. The minimum absolute atomic E-state index is 0.0200. The first kappa shape index (κ1) is 18.8. The highest BCUT2D eigenvalue weighted by Crippen LogP contribution is 2.33. The molecule has 1 atom stereocenters. The van der Waals surface area contributed by atoms with Crippen molar-refractivity contribution in [3.05, 3.63) is 53.3 Å². The maximum absolute atomic E-state index is 13.1. The topological polar surface area (TPSA) is 56.4 Å². The largest absolute Gasteiger partial charge is 0.357 e. The number of hydrogen-bond donors (Lipinski definition) is 1. The molecule has 2 aliphatic rings. The summed E-state index contributed by atoms with van der Waals surface area (Å²) in [6.45, 7) is 2.90. The molecule has 5 nitrogen and oxygen atoms in total. The molecule has 2 aromatic rings. The van der Waals surface area contributed by atoms with E-state index in [-0.39, 0.29) is 24.4 Å². The number of hydrogen-bond acceptors (Lipinski definition) is 2. The van der Waals surface area contributed by atoms with Crippen LogP contribution in [-0.4, -0.2) is 40.8 Å². The Labute approximate surface area is 166 Å². The van der Waals surface area contributed by atoms with Gasteiger partial charge in [0.2, 0.25) is 5.91 Å². The molecule has 2 heterocycles. The van der Waals surface area contributed by atoms with E-state index in [1.54, 1.807) is 17.2 Å². The summed E-state index contributed by atoms with van der Waals surface area (Å²) in [5.74, 6) is -0.0548. The molecule has 1 N–H and O–H groups in total. The lowest BCUT2D eigenvalue weighted by Gasteiger charge is -2.42. The van der Waals surface area contributed by atoms with Crippen LogP contribution in [0.1, 0.15) is 60.6 Å². The molecule has 1 aliphatic carbocycles. The van der Waals surface area contributed by atoms with Crippen LogP contribution in [0.2, 0.25) is 0 Å². The Morgan fingerprint density at radius 1 is 1.18 bits per heavy atom. The average Bonchev–Trinajstić information content (AvgIpc) is 3.27. The summed E-state index contributed by atoms with van der Waals surface area (Å²) < 4.78 is 0. The molecule has 5 heteroatoms. The number of aryl methyl sites for hydroxylation is 1. The molecule has 0 unspecified atom stereocenters. The molecule has 1 aliphatic heterocycles. The Morgan fingerprint density at radius 3 is 2.82 bits per heavy atom. The van der Waals surface area contributed by atoms with E-state index in [2.05, 4.69) is 30.1 Å². The van der Waals surface area contributed by atoms with Crippen molar-refractivity contribution in [2.24, 2.45) is 0 Å². The van der Waals surface area contributed by atoms with Gasteiger partial charge in [0.05, 0.1) is 6.04 Å². The summed E-state index contributed by atoms with van der Waals surface area (Å²) >= 11 is 0. The van der Waals surface area contributed by atoms with Gasteiger partial charge in [0.15, 0.2) is 0 Å². The van der Waals surface area contributed by atoms with Gasteiger partial charge in [-0.2, -0.15) is 0 Å². The van der Waals surface area contributed by atoms with E-state index >= 15 is 0 Å². The SMILES string of the molecule is CCCC[C@@H]1CN(c2cccc3c2CCCC3)C(=O)CN1C(=O)c1ccc[nH]1. The molecule has 4 rings (SSSR count). The van der Waals surface area contributed by atoms with Crippen molar-refractivity contribution in [1.29, 1.82) is 0 Å². The van der Waals surface area contributed by atoms with Gasteiger partial charge in [-0.15, -0.1) is 0 Å². The number of amides is 2. The second-order valence-corrected chi connectivity index (χ2v) is 7.94. The Bertz CT molecular complexity index is 844. The first-order chi connectivity index (χ1) is 13.7. The van der Waals surface area contributed by atoms with Crippen molar-refractivity contribution in [3.8, 4) is 0 Å². The van der Waals surface area contributed by atoms with E-state index in [4.69, 9.17) is 0 Å². The number of nitrogens with one attached hydrogen (secondary N) is 1. The van der Waals surface area contributed by atoms with Crippen LogP contribution in [0.5, 0.6) is 0 Å². The number of H-pyrrole nitrogens is 1. The highest BCUT2D eigenvalue weighted by atomic mass is 16.2. The van der Waals surface area contributed by atoms with E-state index in [9.17, 15) is 9.59 Å². The molecule has 0 spiro atoms. The van der Waals surface area contributed by atoms with Crippen molar-refractivity contribution < 1.29 is 9.59 Å². The predicted molar refractivity (Wildman–Crippen MR) is 111 cm³/mol. The van der Waals surface area contributed by atoms with E-state index < -0.39 is 0 Å².